The second kappa shape index (κ2) is 9.38. The summed E-state index contributed by atoms with van der Waals surface area (Å²) in [5.74, 6) is -0.766. The summed E-state index contributed by atoms with van der Waals surface area (Å²) in [4.78, 5) is 24.3. The average molecular weight is 416 g/mol. The SMILES string of the molecule is C=CCN(c1ccc(C(=O)Nc2ccc(C(=O)OCC)cc2C)cc1)S(C)(=O)=O. The zero-order valence-electron chi connectivity index (χ0n) is 16.6. The first-order valence-electron chi connectivity index (χ1n) is 8.95. The number of benzene rings is 2. The predicted molar refractivity (Wildman–Crippen MR) is 114 cm³/mol. The zero-order chi connectivity index (χ0) is 21.6. The Labute approximate surface area is 171 Å². The molecule has 0 radical (unpaired) electrons. The van der Waals surface area contributed by atoms with Crippen LogP contribution in [0.2, 0.25) is 0 Å². The van der Waals surface area contributed by atoms with E-state index >= 15 is 0 Å². The van der Waals surface area contributed by atoms with Gasteiger partial charge in [0.15, 0.2) is 0 Å². The maximum atomic E-state index is 12.5. The molecular weight excluding hydrogens is 392 g/mol. The van der Waals surface area contributed by atoms with Crippen LogP contribution in [0.15, 0.2) is 55.1 Å². The molecule has 8 heteroatoms. The predicted octanol–water partition coefficient (Wildman–Crippen LogP) is 3.38. The number of aryl methyl sites for hydroxylation is 1. The standard InChI is InChI=1S/C21H24N2O5S/c1-5-13-23(29(4,26)27)18-10-7-16(8-11-18)20(24)22-19-12-9-17(14-15(19)3)21(25)28-6-2/h5,7-12,14H,1,6,13H2,2-4H3,(H,22,24). The van der Waals surface area contributed by atoms with Crippen molar-refractivity contribution in [2.75, 3.05) is 29.0 Å². The van der Waals surface area contributed by atoms with Crippen LogP contribution in [0.25, 0.3) is 0 Å². The molecule has 0 aliphatic carbocycles. The van der Waals surface area contributed by atoms with Crippen molar-refractivity contribution in [3.05, 3.63) is 71.8 Å². The summed E-state index contributed by atoms with van der Waals surface area (Å²) in [6, 6.07) is 11.1. The maximum absolute atomic E-state index is 12.5. The first-order valence-corrected chi connectivity index (χ1v) is 10.8. The van der Waals surface area contributed by atoms with Crippen molar-refractivity contribution < 1.29 is 22.7 Å². The van der Waals surface area contributed by atoms with Gasteiger partial charge in [-0.25, -0.2) is 13.2 Å². The van der Waals surface area contributed by atoms with E-state index in [1.165, 1.54) is 10.4 Å². The quantitative estimate of drug-likeness (QED) is 0.526. The summed E-state index contributed by atoms with van der Waals surface area (Å²) in [7, 11) is -3.46. The van der Waals surface area contributed by atoms with Crippen LogP contribution in [0.1, 0.15) is 33.2 Å². The van der Waals surface area contributed by atoms with Crippen LogP contribution in [0.4, 0.5) is 11.4 Å². The normalized spacial score (nSPS) is 10.9. The third kappa shape index (κ3) is 5.68. The highest BCUT2D eigenvalue weighted by atomic mass is 32.2. The Bertz CT molecular complexity index is 1010. The highest BCUT2D eigenvalue weighted by Crippen LogP contribution is 2.21. The van der Waals surface area contributed by atoms with Crippen molar-refractivity contribution in [2.45, 2.75) is 13.8 Å². The molecule has 2 rings (SSSR count). The van der Waals surface area contributed by atoms with Gasteiger partial charge in [0, 0.05) is 11.3 Å². The molecule has 0 bridgehead atoms. The Balaban J connectivity index is 2.17. The van der Waals surface area contributed by atoms with E-state index in [1.807, 2.05) is 0 Å². The van der Waals surface area contributed by atoms with Gasteiger partial charge in [-0.05, 0) is 61.9 Å². The summed E-state index contributed by atoms with van der Waals surface area (Å²) in [5, 5.41) is 2.79. The van der Waals surface area contributed by atoms with Crippen molar-refractivity contribution in [2.24, 2.45) is 0 Å². The van der Waals surface area contributed by atoms with Crippen LogP contribution in [0, 0.1) is 6.92 Å². The number of nitrogens with zero attached hydrogens (tertiary/aromatic N) is 1. The minimum atomic E-state index is -3.46. The lowest BCUT2D eigenvalue weighted by atomic mass is 10.1. The molecule has 0 aliphatic rings. The number of anilines is 2. The van der Waals surface area contributed by atoms with Gasteiger partial charge in [-0.15, -0.1) is 6.58 Å². The van der Waals surface area contributed by atoms with Gasteiger partial charge in [-0.2, -0.15) is 0 Å². The van der Waals surface area contributed by atoms with Gasteiger partial charge in [-0.3, -0.25) is 9.10 Å². The Morgan fingerprint density at radius 3 is 2.28 bits per heavy atom. The molecule has 2 aromatic rings. The van der Waals surface area contributed by atoms with Crippen molar-refractivity contribution in [1.82, 2.24) is 0 Å². The topological polar surface area (TPSA) is 92.8 Å². The molecule has 0 fully saturated rings. The number of hydrogen-bond acceptors (Lipinski definition) is 5. The van der Waals surface area contributed by atoms with Crippen LogP contribution in [0.3, 0.4) is 0 Å². The van der Waals surface area contributed by atoms with Gasteiger partial charge in [0.25, 0.3) is 5.91 Å². The van der Waals surface area contributed by atoms with Gasteiger partial charge in [-0.1, -0.05) is 6.08 Å². The lowest BCUT2D eigenvalue weighted by Crippen LogP contribution is -2.29. The molecule has 0 saturated heterocycles. The third-order valence-corrected chi connectivity index (χ3v) is 5.26. The monoisotopic (exact) mass is 416 g/mol. The molecule has 0 atom stereocenters. The van der Waals surface area contributed by atoms with Crippen LogP contribution in [-0.2, 0) is 14.8 Å². The molecule has 0 saturated carbocycles. The number of hydrogen-bond donors (Lipinski definition) is 1. The van der Waals surface area contributed by atoms with E-state index in [2.05, 4.69) is 11.9 Å². The molecule has 0 heterocycles. The lowest BCUT2D eigenvalue weighted by Gasteiger charge is -2.20. The van der Waals surface area contributed by atoms with Gasteiger partial charge in [0.1, 0.15) is 0 Å². The van der Waals surface area contributed by atoms with Crippen LogP contribution in [0.5, 0.6) is 0 Å². The van der Waals surface area contributed by atoms with Gasteiger partial charge < -0.3 is 10.1 Å². The fraction of sp³-hybridized carbons (Fsp3) is 0.238. The minimum absolute atomic E-state index is 0.135. The van der Waals surface area contributed by atoms with E-state index in [9.17, 15) is 18.0 Å². The second-order valence-electron chi connectivity index (χ2n) is 6.33. The Morgan fingerprint density at radius 1 is 1.14 bits per heavy atom. The van der Waals surface area contributed by atoms with Crippen molar-refractivity contribution in [3.63, 3.8) is 0 Å². The maximum Gasteiger partial charge on any atom is 0.338 e. The molecule has 1 N–H and O–H groups in total. The molecule has 0 aliphatic heterocycles. The molecule has 0 unspecified atom stereocenters. The van der Waals surface area contributed by atoms with E-state index in [1.54, 1.807) is 56.3 Å². The number of ether oxygens (including phenoxy) is 1. The molecule has 7 nitrogen and oxygen atoms in total. The van der Waals surface area contributed by atoms with Crippen molar-refractivity contribution in [3.8, 4) is 0 Å². The second-order valence-corrected chi connectivity index (χ2v) is 8.24. The van der Waals surface area contributed by atoms with E-state index < -0.39 is 16.0 Å². The van der Waals surface area contributed by atoms with E-state index in [-0.39, 0.29) is 19.1 Å². The zero-order valence-corrected chi connectivity index (χ0v) is 17.5. The summed E-state index contributed by atoms with van der Waals surface area (Å²) >= 11 is 0. The molecule has 1 amide bonds. The summed E-state index contributed by atoms with van der Waals surface area (Å²) in [6.45, 7) is 7.50. The molecule has 154 valence electrons. The number of esters is 1. The minimum Gasteiger partial charge on any atom is -0.462 e. The van der Waals surface area contributed by atoms with Crippen LogP contribution < -0.4 is 9.62 Å². The number of sulfonamides is 1. The molecule has 2 aromatic carbocycles. The summed E-state index contributed by atoms with van der Waals surface area (Å²) in [5.41, 5.74) is 2.51. The average Bonchev–Trinajstić information content (AvgIpc) is 2.67. The Morgan fingerprint density at radius 2 is 1.76 bits per heavy atom. The molecule has 29 heavy (non-hydrogen) atoms. The summed E-state index contributed by atoms with van der Waals surface area (Å²) < 4.78 is 30.0. The van der Waals surface area contributed by atoms with E-state index in [0.717, 1.165) is 11.8 Å². The van der Waals surface area contributed by atoms with Gasteiger partial charge in [0.05, 0.1) is 30.7 Å². The Kier molecular flexibility index (Phi) is 7.17. The molecular formula is C21H24N2O5S. The first kappa shape index (κ1) is 22.2. The van der Waals surface area contributed by atoms with E-state index in [0.29, 0.717) is 22.5 Å². The fourth-order valence-corrected chi connectivity index (χ4v) is 3.55. The van der Waals surface area contributed by atoms with Gasteiger partial charge >= 0.3 is 5.97 Å². The number of rotatable bonds is 8. The molecule has 0 spiro atoms. The van der Waals surface area contributed by atoms with Gasteiger partial charge in [0.2, 0.25) is 10.0 Å². The highest BCUT2D eigenvalue weighted by molar-refractivity contribution is 7.92. The third-order valence-electron chi connectivity index (χ3n) is 4.10. The van der Waals surface area contributed by atoms with Crippen molar-refractivity contribution >= 4 is 33.3 Å². The molecule has 0 aromatic heterocycles. The van der Waals surface area contributed by atoms with Crippen molar-refractivity contribution in [1.29, 1.82) is 0 Å². The highest BCUT2D eigenvalue weighted by Gasteiger charge is 2.17. The fourth-order valence-electron chi connectivity index (χ4n) is 2.67. The summed E-state index contributed by atoms with van der Waals surface area (Å²) in [6.07, 6.45) is 2.60. The first-order chi connectivity index (χ1) is 13.7. The van der Waals surface area contributed by atoms with Crippen LogP contribution in [-0.4, -0.2) is 39.7 Å². The number of nitrogens with one attached hydrogen (secondary N) is 1. The number of carbonyl (C=O) groups is 2. The Hall–Kier alpha value is -3.13. The van der Waals surface area contributed by atoms with Crippen LogP contribution >= 0.6 is 0 Å². The smallest absolute Gasteiger partial charge is 0.338 e. The number of carbonyl (C=O) groups excluding carboxylic acids is 2. The largest absolute Gasteiger partial charge is 0.462 e. The van der Waals surface area contributed by atoms with E-state index in [4.69, 9.17) is 4.74 Å². The lowest BCUT2D eigenvalue weighted by molar-refractivity contribution is 0.0526. The number of amides is 1.